The molecule has 0 saturated heterocycles. The fourth-order valence-corrected chi connectivity index (χ4v) is 6.54. The smallest absolute Gasteiger partial charge is 0.265 e. The number of halogens is 1. The van der Waals surface area contributed by atoms with E-state index in [1.807, 2.05) is 19.1 Å². The Kier molecular flexibility index (Phi) is 6.29. The molecule has 1 amide bonds. The average molecular weight is 524 g/mol. The molecule has 0 fully saturated rings. The first-order valence-electron chi connectivity index (χ1n) is 11.1. The third-order valence-electron chi connectivity index (χ3n) is 6.23. The van der Waals surface area contributed by atoms with E-state index >= 15 is 0 Å². The number of ether oxygens (including phenoxy) is 1. The van der Waals surface area contributed by atoms with Crippen LogP contribution in [0.1, 0.15) is 29.2 Å². The predicted octanol–water partition coefficient (Wildman–Crippen LogP) is 4.92. The number of benzene rings is 3. The van der Waals surface area contributed by atoms with Gasteiger partial charge in [0.2, 0.25) is 5.91 Å². The quantitative estimate of drug-likeness (QED) is 0.274. The summed E-state index contributed by atoms with van der Waals surface area (Å²) in [5.74, 6) is -0.138. The molecule has 36 heavy (non-hydrogen) atoms. The maximum atomic E-state index is 13.3. The maximum Gasteiger partial charge on any atom is 0.265 e. The van der Waals surface area contributed by atoms with Crippen molar-refractivity contribution in [1.82, 2.24) is 10.5 Å². The Morgan fingerprint density at radius 1 is 1.14 bits per heavy atom. The third kappa shape index (κ3) is 4.26. The van der Waals surface area contributed by atoms with Crippen LogP contribution in [0.5, 0.6) is 5.75 Å². The summed E-state index contributed by atoms with van der Waals surface area (Å²) in [5.41, 5.74) is 5.21. The summed E-state index contributed by atoms with van der Waals surface area (Å²) < 4.78 is 33.9. The summed E-state index contributed by atoms with van der Waals surface area (Å²) in [6.45, 7) is 2.23. The number of carbonyl (C=O) groups excluding carboxylic acids is 1. The van der Waals surface area contributed by atoms with Crippen LogP contribution in [0.2, 0.25) is 5.02 Å². The zero-order valence-electron chi connectivity index (χ0n) is 19.2. The molecule has 0 radical (unpaired) electrons. The number of aromatic nitrogens is 1. The average Bonchev–Trinajstić information content (AvgIpc) is 3.10. The van der Waals surface area contributed by atoms with Crippen molar-refractivity contribution in [1.29, 1.82) is 0 Å². The van der Waals surface area contributed by atoms with E-state index in [0.29, 0.717) is 22.0 Å². The molecule has 10 heteroatoms. The number of nitrogens with one attached hydrogen (secondary N) is 1. The minimum absolute atomic E-state index is 0.139. The Bertz CT molecular complexity index is 1570. The van der Waals surface area contributed by atoms with Crippen LogP contribution in [0.25, 0.3) is 10.9 Å². The lowest BCUT2D eigenvalue weighted by Gasteiger charge is -2.25. The number of rotatable bonds is 6. The fourth-order valence-electron chi connectivity index (χ4n) is 4.48. The number of aryl methyl sites for hydroxylation is 1. The monoisotopic (exact) mass is 523 g/mol. The molecule has 5 rings (SSSR count). The number of hydrogen-bond acceptors (Lipinski definition) is 6. The van der Waals surface area contributed by atoms with Crippen molar-refractivity contribution in [3.8, 4) is 5.75 Å². The van der Waals surface area contributed by atoms with Gasteiger partial charge in [0, 0.05) is 22.2 Å². The van der Waals surface area contributed by atoms with Crippen molar-refractivity contribution in [2.24, 2.45) is 0 Å². The maximum absolute atomic E-state index is 13.3. The van der Waals surface area contributed by atoms with Gasteiger partial charge in [-0.3, -0.25) is 19.3 Å². The highest BCUT2D eigenvalue weighted by Gasteiger charge is 2.43. The predicted molar refractivity (Wildman–Crippen MR) is 136 cm³/mol. The van der Waals surface area contributed by atoms with E-state index in [4.69, 9.17) is 21.5 Å². The highest BCUT2D eigenvalue weighted by molar-refractivity contribution is 7.93. The largest absolute Gasteiger partial charge is 0.489 e. The van der Waals surface area contributed by atoms with Gasteiger partial charge in [-0.2, -0.15) is 0 Å². The molecule has 1 aromatic heterocycles. The van der Waals surface area contributed by atoms with Gasteiger partial charge < -0.3 is 4.74 Å². The van der Waals surface area contributed by atoms with Crippen molar-refractivity contribution in [3.63, 3.8) is 0 Å². The van der Waals surface area contributed by atoms with Crippen LogP contribution in [0.4, 0.5) is 5.69 Å². The molecule has 1 atom stereocenters. The zero-order chi connectivity index (χ0) is 25.4. The van der Waals surface area contributed by atoms with Gasteiger partial charge in [0.15, 0.2) is 0 Å². The van der Waals surface area contributed by atoms with Crippen molar-refractivity contribution in [2.75, 3.05) is 4.31 Å². The van der Waals surface area contributed by atoms with E-state index in [1.54, 1.807) is 60.2 Å². The molecule has 8 nitrogen and oxygen atoms in total. The number of anilines is 1. The summed E-state index contributed by atoms with van der Waals surface area (Å²) in [6.07, 6.45) is 1.55. The van der Waals surface area contributed by atoms with Gasteiger partial charge in [-0.25, -0.2) is 13.9 Å². The molecule has 0 saturated carbocycles. The summed E-state index contributed by atoms with van der Waals surface area (Å²) in [5, 5.41) is 10.5. The lowest BCUT2D eigenvalue weighted by Crippen LogP contribution is -2.32. The number of hydrogen-bond donors (Lipinski definition) is 2. The Balaban J connectivity index is 1.42. The highest BCUT2D eigenvalue weighted by atomic mass is 35.5. The Hall–Kier alpha value is -3.66. The van der Waals surface area contributed by atoms with E-state index < -0.39 is 22.0 Å². The molecule has 3 aromatic carbocycles. The first-order chi connectivity index (χ1) is 17.3. The Labute approximate surface area is 213 Å². The van der Waals surface area contributed by atoms with E-state index in [2.05, 4.69) is 4.98 Å². The van der Waals surface area contributed by atoms with Crippen LogP contribution in [0, 0.1) is 6.92 Å². The van der Waals surface area contributed by atoms with Crippen LogP contribution in [0.3, 0.4) is 0 Å². The molecule has 4 aromatic rings. The lowest BCUT2D eigenvalue weighted by atomic mass is 10.0. The highest BCUT2D eigenvalue weighted by Crippen LogP contribution is 2.44. The first-order valence-corrected chi connectivity index (χ1v) is 12.9. The van der Waals surface area contributed by atoms with Crippen LogP contribution in [0.15, 0.2) is 77.8 Å². The van der Waals surface area contributed by atoms with Gasteiger partial charge in [-0.1, -0.05) is 29.8 Å². The van der Waals surface area contributed by atoms with Gasteiger partial charge in [0.05, 0.1) is 28.6 Å². The van der Waals surface area contributed by atoms with E-state index in [9.17, 15) is 13.2 Å². The minimum atomic E-state index is -3.89. The summed E-state index contributed by atoms with van der Waals surface area (Å²) >= 11 is 6.19. The van der Waals surface area contributed by atoms with Crippen LogP contribution >= 0.6 is 11.6 Å². The zero-order valence-corrected chi connectivity index (χ0v) is 20.8. The first kappa shape index (κ1) is 24.1. The molecule has 0 bridgehead atoms. The van der Waals surface area contributed by atoms with E-state index in [-0.39, 0.29) is 17.9 Å². The molecule has 1 unspecified atom stereocenters. The second-order valence-corrected chi connectivity index (χ2v) is 10.7. The second kappa shape index (κ2) is 9.42. The third-order valence-corrected chi connectivity index (χ3v) is 8.38. The fraction of sp³-hybridized carbons (Fsp3) is 0.154. The number of sulfonamides is 1. The SMILES string of the molecule is Cc1cnc2ccc(Cl)cc2c1COc1ccc(N2C(CC(=O)NO)c3ccccc3S2(=O)=O)cc1. The lowest BCUT2D eigenvalue weighted by molar-refractivity contribution is -0.129. The van der Waals surface area contributed by atoms with Crippen LogP contribution < -0.4 is 14.5 Å². The van der Waals surface area contributed by atoms with Crippen LogP contribution in [-0.2, 0) is 21.4 Å². The second-order valence-electron chi connectivity index (χ2n) is 8.46. The van der Waals surface area contributed by atoms with Crippen molar-refractivity contribution < 1.29 is 23.2 Å². The van der Waals surface area contributed by atoms with Crippen molar-refractivity contribution in [3.05, 3.63) is 94.6 Å². The molecule has 2 heterocycles. The van der Waals surface area contributed by atoms with Crippen LogP contribution in [-0.4, -0.2) is 24.5 Å². The molecular weight excluding hydrogens is 502 g/mol. The normalized spacial score (nSPS) is 16.1. The van der Waals surface area contributed by atoms with E-state index in [0.717, 1.165) is 22.0 Å². The number of carbonyl (C=O) groups is 1. The summed E-state index contributed by atoms with van der Waals surface area (Å²) in [7, 11) is -3.89. The number of fused-ring (bicyclic) bond motifs is 2. The van der Waals surface area contributed by atoms with Crippen molar-refractivity contribution >= 4 is 44.1 Å². The van der Waals surface area contributed by atoms with Gasteiger partial charge in [-0.05, 0) is 66.6 Å². The van der Waals surface area contributed by atoms with Gasteiger partial charge in [0.1, 0.15) is 12.4 Å². The number of nitrogens with zero attached hydrogens (tertiary/aromatic N) is 2. The summed E-state index contributed by atoms with van der Waals surface area (Å²) in [6, 6.07) is 17.9. The molecule has 184 valence electrons. The molecule has 1 aliphatic rings. The number of amides is 1. The number of hydroxylamine groups is 1. The van der Waals surface area contributed by atoms with Gasteiger partial charge in [-0.15, -0.1) is 0 Å². The molecule has 0 aliphatic carbocycles. The number of pyridine rings is 1. The van der Waals surface area contributed by atoms with E-state index in [1.165, 1.54) is 10.4 Å². The molecule has 0 spiro atoms. The van der Waals surface area contributed by atoms with Gasteiger partial charge >= 0.3 is 0 Å². The summed E-state index contributed by atoms with van der Waals surface area (Å²) in [4.78, 5) is 16.5. The Morgan fingerprint density at radius 2 is 1.89 bits per heavy atom. The van der Waals surface area contributed by atoms with Crippen molar-refractivity contribution in [2.45, 2.75) is 30.9 Å². The Morgan fingerprint density at radius 3 is 2.64 bits per heavy atom. The molecular formula is C26H22ClN3O5S. The minimum Gasteiger partial charge on any atom is -0.489 e. The molecule has 1 aliphatic heterocycles. The topological polar surface area (TPSA) is 109 Å². The van der Waals surface area contributed by atoms with Gasteiger partial charge in [0.25, 0.3) is 10.0 Å². The standard InChI is InChI=1S/C26H22ClN3O5S/c1-16-14-28-23-11-6-17(27)12-21(23)22(16)15-35-19-9-7-18(8-10-19)30-24(13-26(31)29-32)20-4-2-3-5-25(20)36(30,33)34/h2-12,14,24,32H,13,15H2,1H3,(H,29,31). The molecule has 2 N–H and O–H groups in total.